The maximum Gasteiger partial charge on any atom is 0.322 e. The average Bonchev–Trinajstić information content (AvgIpc) is 2.56. The Kier molecular flexibility index (Phi) is 5.11. The second-order valence-electron chi connectivity index (χ2n) is 6.17. The fourth-order valence-corrected chi connectivity index (χ4v) is 2.87. The number of carbonyl (C=O) groups excluding carboxylic acids is 1. The van der Waals surface area contributed by atoms with Crippen molar-refractivity contribution in [2.45, 2.75) is 32.8 Å². The number of anilines is 1. The number of urea groups is 1. The Morgan fingerprint density at radius 3 is 2.72 bits per heavy atom. The minimum absolute atomic E-state index is 0.174. The maximum atomic E-state index is 13.7. The lowest BCUT2D eigenvalue weighted by molar-refractivity contribution is 0.0980. The number of benzene rings is 1. The van der Waals surface area contributed by atoms with Gasteiger partial charge in [0.05, 0.1) is 12.2 Å². The summed E-state index contributed by atoms with van der Waals surface area (Å²) in [5.74, 6) is -0.454. The standard InChI is InChI=1S/C18H21FN4O2/c1-12-10-13(2)21-17(20-12)25-14-6-5-9-23(11-14)18(24)22-16-8-4-3-7-15(16)19/h3-4,7-8,10,14H,5-6,9,11H2,1-2H3,(H,22,24). The van der Waals surface area contributed by atoms with E-state index in [0.29, 0.717) is 19.1 Å². The van der Waals surface area contributed by atoms with Crippen molar-refractivity contribution in [1.82, 2.24) is 14.9 Å². The van der Waals surface area contributed by atoms with Gasteiger partial charge in [0.15, 0.2) is 0 Å². The molecule has 132 valence electrons. The van der Waals surface area contributed by atoms with Crippen LogP contribution < -0.4 is 10.1 Å². The molecule has 0 saturated carbocycles. The molecule has 7 heteroatoms. The topological polar surface area (TPSA) is 67.3 Å². The Morgan fingerprint density at radius 2 is 2.00 bits per heavy atom. The van der Waals surface area contributed by atoms with E-state index >= 15 is 0 Å². The molecule has 25 heavy (non-hydrogen) atoms. The molecule has 0 radical (unpaired) electrons. The van der Waals surface area contributed by atoms with Crippen molar-refractivity contribution in [3.8, 4) is 6.01 Å². The molecule has 1 unspecified atom stereocenters. The molecule has 1 aromatic carbocycles. The number of aryl methyl sites for hydroxylation is 2. The zero-order chi connectivity index (χ0) is 17.8. The van der Waals surface area contributed by atoms with Gasteiger partial charge in [-0.3, -0.25) is 0 Å². The van der Waals surface area contributed by atoms with Gasteiger partial charge in [-0.2, -0.15) is 0 Å². The number of likely N-dealkylation sites (tertiary alicyclic amines) is 1. The van der Waals surface area contributed by atoms with Crippen LogP contribution in [0.15, 0.2) is 30.3 Å². The summed E-state index contributed by atoms with van der Waals surface area (Å²) in [6.45, 7) is 4.79. The van der Waals surface area contributed by atoms with Crippen LogP contribution in [0.3, 0.4) is 0 Å². The van der Waals surface area contributed by atoms with Gasteiger partial charge < -0.3 is 15.0 Å². The normalized spacial score (nSPS) is 17.2. The van der Waals surface area contributed by atoms with E-state index in [1.54, 1.807) is 17.0 Å². The number of amides is 2. The molecular weight excluding hydrogens is 323 g/mol. The highest BCUT2D eigenvalue weighted by Gasteiger charge is 2.26. The summed E-state index contributed by atoms with van der Waals surface area (Å²) in [5, 5.41) is 2.61. The van der Waals surface area contributed by atoms with Gasteiger partial charge in [0, 0.05) is 17.9 Å². The number of halogens is 1. The fourth-order valence-electron chi connectivity index (χ4n) is 2.87. The van der Waals surface area contributed by atoms with Crippen LogP contribution in [0.1, 0.15) is 24.2 Å². The molecule has 3 rings (SSSR count). The molecule has 2 heterocycles. The van der Waals surface area contributed by atoms with Crippen molar-refractivity contribution in [3.63, 3.8) is 0 Å². The van der Waals surface area contributed by atoms with Crippen molar-refractivity contribution in [1.29, 1.82) is 0 Å². The highest BCUT2D eigenvalue weighted by atomic mass is 19.1. The number of hydrogen-bond acceptors (Lipinski definition) is 4. The van der Waals surface area contributed by atoms with Crippen molar-refractivity contribution in [3.05, 3.63) is 47.5 Å². The van der Waals surface area contributed by atoms with E-state index in [0.717, 1.165) is 24.2 Å². The molecule has 1 saturated heterocycles. The molecule has 2 amide bonds. The van der Waals surface area contributed by atoms with Crippen LogP contribution in [0.5, 0.6) is 6.01 Å². The summed E-state index contributed by atoms with van der Waals surface area (Å²) >= 11 is 0. The summed E-state index contributed by atoms with van der Waals surface area (Å²) in [7, 11) is 0. The van der Waals surface area contributed by atoms with Crippen LogP contribution in [0.2, 0.25) is 0 Å². The number of para-hydroxylation sites is 1. The van der Waals surface area contributed by atoms with Gasteiger partial charge >= 0.3 is 12.0 Å². The molecule has 1 aromatic heterocycles. The molecule has 1 fully saturated rings. The predicted octanol–water partition coefficient (Wildman–Crippen LogP) is 3.31. The summed E-state index contributed by atoms with van der Waals surface area (Å²) in [4.78, 5) is 22.6. The van der Waals surface area contributed by atoms with Gasteiger partial charge in [-0.15, -0.1) is 0 Å². The second-order valence-corrected chi connectivity index (χ2v) is 6.17. The van der Waals surface area contributed by atoms with Crippen molar-refractivity contribution < 1.29 is 13.9 Å². The molecule has 2 aromatic rings. The van der Waals surface area contributed by atoms with E-state index in [1.165, 1.54) is 12.1 Å². The molecule has 1 atom stereocenters. The van der Waals surface area contributed by atoms with Gasteiger partial charge in [-0.25, -0.2) is 19.2 Å². The van der Waals surface area contributed by atoms with Crippen molar-refractivity contribution in [2.75, 3.05) is 18.4 Å². The first-order valence-electron chi connectivity index (χ1n) is 8.30. The molecule has 1 aliphatic heterocycles. The van der Waals surface area contributed by atoms with Gasteiger partial charge in [-0.1, -0.05) is 12.1 Å². The Labute approximate surface area is 146 Å². The third kappa shape index (κ3) is 4.43. The number of aromatic nitrogens is 2. The molecular formula is C18H21FN4O2. The van der Waals surface area contributed by atoms with Crippen LogP contribution in [0, 0.1) is 19.7 Å². The number of nitrogens with one attached hydrogen (secondary N) is 1. The van der Waals surface area contributed by atoms with Gasteiger partial charge in [-0.05, 0) is 44.9 Å². The third-order valence-corrected chi connectivity index (χ3v) is 4.01. The van der Waals surface area contributed by atoms with Gasteiger partial charge in [0.25, 0.3) is 0 Å². The summed E-state index contributed by atoms with van der Waals surface area (Å²) < 4.78 is 19.5. The number of hydrogen-bond donors (Lipinski definition) is 1. The Hall–Kier alpha value is -2.70. The molecule has 6 nitrogen and oxygen atoms in total. The summed E-state index contributed by atoms with van der Waals surface area (Å²) in [5.41, 5.74) is 1.85. The minimum atomic E-state index is -0.454. The predicted molar refractivity (Wildman–Crippen MR) is 92.1 cm³/mol. The molecule has 1 N–H and O–H groups in total. The van der Waals surface area contributed by atoms with Gasteiger partial charge in [0.1, 0.15) is 11.9 Å². The highest BCUT2D eigenvalue weighted by Crippen LogP contribution is 2.18. The first-order valence-corrected chi connectivity index (χ1v) is 8.30. The zero-order valence-corrected chi connectivity index (χ0v) is 14.3. The molecule has 1 aliphatic rings. The fraction of sp³-hybridized carbons (Fsp3) is 0.389. The number of nitrogens with zero attached hydrogens (tertiary/aromatic N) is 3. The quantitative estimate of drug-likeness (QED) is 0.928. The van der Waals surface area contributed by atoms with E-state index < -0.39 is 5.82 Å². The second kappa shape index (κ2) is 7.46. The molecule has 0 spiro atoms. The van der Waals surface area contributed by atoms with Crippen molar-refractivity contribution in [2.24, 2.45) is 0 Å². The third-order valence-electron chi connectivity index (χ3n) is 4.01. The van der Waals surface area contributed by atoms with Gasteiger partial charge in [0.2, 0.25) is 0 Å². The lowest BCUT2D eigenvalue weighted by Crippen LogP contribution is -2.46. The van der Waals surface area contributed by atoms with Crippen LogP contribution in [0.25, 0.3) is 0 Å². The van der Waals surface area contributed by atoms with E-state index in [1.807, 2.05) is 19.9 Å². The first kappa shape index (κ1) is 17.1. The largest absolute Gasteiger partial charge is 0.458 e. The lowest BCUT2D eigenvalue weighted by atomic mass is 10.1. The SMILES string of the molecule is Cc1cc(C)nc(OC2CCCN(C(=O)Nc3ccccc3F)C2)n1. The highest BCUT2D eigenvalue weighted by molar-refractivity contribution is 5.89. The minimum Gasteiger partial charge on any atom is -0.458 e. The monoisotopic (exact) mass is 344 g/mol. The molecule has 0 aliphatic carbocycles. The molecule has 0 bridgehead atoms. The van der Waals surface area contributed by atoms with E-state index in [9.17, 15) is 9.18 Å². The number of ether oxygens (including phenoxy) is 1. The average molecular weight is 344 g/mol. The van der Waals surface area contributed by atoms with E-state index in [-0.39, 0.29) is 17.8 Å². The number of carbonyl (C=O) groups is 1. The van der Waals surface area contributed by atoms with E-state index in [2.05, 4.69) is 15.3 Å². The zero-order valence-electron chi connectivity index (χ0n) is 14.3. The van der Waals surface area contributed by atoms with Crippen molar-refractivity contribution >= 4 is 11.7 Å². The number of rotatable bonds is 3. The smallest absolute Gasteiger partial charge is 0.322 e. The van der Waals surface area contributed by atoms with E-state index in [4.69, 9.17) is 4.74 Å². The Bertz CT molecular complexity index is 748. The Balaban J connectivity index is 1.62. The van der Waals surface area contributed by atoms with Crippen LogP contribution in [-0.4, -0.2) is 40.1 Å². The summed E-state index contributed by atoms with van der Waals surface area (Å²) in [6.07, 6.45) is 1.45. The maximum absolute atomic E-state index is 13.7. The Morgan fingerprint density at radius 1 is 1.28 bits per heavy atom. The van der Waals surface area contributed by atoms with Crippen LogP contribution >= 0.6 is 0 Å². The van der Waals surface area contributed by atoms with Crippen LogP contribution in [-0.2, 0) is 0 Å². The lowest BCUT2D eigenvalue weighted by Gasteiger charge is -2.32. The number of piperidine rings is 1. The summed E-state index contributed by atoms with van der Waals surface area (Å²) in [6, 6.07) is 7.99. The first-order chi connectivity index (χ1) is 12.0. The van der Waals surface area contributed by atoms with Crippen LogP contribution in [0.4, 0.5) is 14.9 Å².